The average molecular weight is 300 g/mol. The molecule has 6 nitrogen and oxygen atoms in total. The van der Waals surface area contributed by atoms with E-state index in [1.807, 2.05) is 30.3 Å². The number of nitrogens with one attached hydrogen (secondary N) is 1. The van der Waals surface area contributed by atoms with Crippen molar-refractivity contribution >= 4 is 10.2 Å². The van der Waals surface area contributed by atoms with E-state index < -0.39 is 10.2 Å². The van der Waals surface area contributed by atoms with E-state index in [4.69, 9.17) is 9.47 Å². The van der Waals surface area contributed by atoms with Gasteiger partial charge < -0.3 is 9.47 Å². The van der Waals surface area contributed by atoms with E-state index in [9.17, 15) is 8.42 Å². The summed E-state index contributed by atoms with van der Waals surface area (Å²) in [7, 11) is -1.90. The molecule has 112 valence electrons. The Labute approximate surface area is 119 Å². The molecule has 1 heterocycles. The molecule has 0 saturated carbocycles. The molecule has 7 heteroatoms. The molecule has 1 N–H and O–H groups in total. The smallest absolute Gasteiger partial charge is 0.279 e. The SMILES string of the molecule is COC(CNS(=O)(=O)N1CCOCC1)c1ccccc1. The minimum absolute atomic E-state index is 0.209. The van der Waals surface area contributed by atoms with Gasteiger partial charge in [0.15, 0.2) is 0 Å². The molecule has 0 amide bonds. The molecule has 0 aliphatic carbocycles. The van der Waals surface area contributed by atoms with Crippen molar-refractivity contribution in [2.45, 2.75) is 6.10 Å². The van der Waals surface area contributed by atoms with E-state index in [0.717, 1.165) is 5.56 Å². The van der Waals surface area contributed by atoms with Crippen LogP contribution in [0, 0.1) is 0 Å². The maximum Gasteiger partial charge on any atom is 0.279 e. The van der Waals surface area contributed by atoms with E-state index in [0.29, 0.717) is 26.3 Å². The third-order valence-corrected chi connectivity index (χ3v) is 4.79. The van der Waals surface area contributed by atoms with Gasteiger partial charge in [-0.2, -0.15) is 17.4 Å². The standard InChI is InChI=1S/C13H20N2O4S/c1-18-13(12-5-3-2-4-6-12)11-14-20(16,17)15-7-9-19-10-8-15/h2-6,13-14H,7-11H2,1H3. The normalized spacial score (nSPS) is 18.9. The summed E-state index contributed by atoms with van der Waals surface area (Å²) >= 11 is 0. The molecule has 20 heavy (non-hydrogen) atoms. The van der Waals surface area contributed by atoms with Crippen molar-refractivity contribution in [3.05, 3.63) is 35.9 Å². The average Bonchev–Trinajstić information content (AvgIpc) is 2.50. The minimum atomic E-state index is -3.47. The zero-order valence-corrected chi connectivity index (χ0v) is 12.3. The highest BCUT2D eigenvalue weighted by Crippen LogP contribution is 2.15. The van der Waals surface area contributed by atoms with Crippen molar-refractivity contribution in [2.75, 3.05) is 40.0 Å². The third kappa shape index (κ3) is 4.00. The van der Waals surface area contributed by atoms with Gasteiger partial charge in [0, 0.05) is 26.7 Å². The summed E-state index contributed by atoms with van der Waals surface area (Å²) < 4.78 is 38.8. The van der Waals surface area contributed by atoms with E-state index in [1.165, 1.54) is 4.31 Å². The molecular weight excluding hydrogens is 280 g/mol. The lowest BCUT2D eigenvalue weighted by Gasteiger charge is -2.27. The minimum Gasteiger partial charge on any atom is -0.379 e. The van der Waals surface area contributed by atoms with Gasteiger partial charge in [-0.1, -0.05) is 30.3 Å². The van der Waals surface area contributed by atoms with Gasteiger partial charge >= 0.3 is 0 Å². The zero-order chi connectivity index (χ0) is 14.4. The molecule has 1 aliphatic rings. The highest BCUT2D eigenvalue weighted by Gasteiger charge is 2.25. The first-order chi connectivity index (χ1) is 9.63. The Morgan fingerprint density at radius 3 is 2.55 bits per heavy atom. The van der Waals surface area contributed by atoms with Gasteiger partial charge in [0.2, 0.25) is 0 Å². The summed E-state index contributed by atoms with van der Waals surface area (Å²) in [5, 5.41) is 0. The number of methoxy groups -OCH3 is 1. The summed E-state index contributed by atoms with van der Waals surface area (Å²) in [6.07, 6.45) is -0.299. The molecule has 1 atom stereocenters. The lowest BCUT2D eigenvalue weighted by Crippen LogP contribution is -2.47. The molecule has 1 saturated heterocycles. The first kappa shape index (κ1) is 15.4. The maximum atomic E-state index is 12.1. The fourth-order valence-corrected chi connectivity index (χ4v) is 3.24. The lowest BCUT2D eigenvalue weighted by molar-refractivity contribution is 0.0715. The van der Waals surface area contributed by atoms with Crippen LogP contribution in [0.1, 0.15) is 11.7 Å². The van der Waals surface area contributed by atoms with Gasteiger partial charge in [-0.3, -0.25) is 0 Å². The van der Waals surface area contributed by atoms with Crippen LogP contribution >= 0.6 is 0 Å². The number of hydrogen-bond donors (Lipinski definition) is 1. The molecule has 1 aliphatic heterocycles. The zero-order valence-electron chi connectivity index (χ0n) is 11.5. The Kier molecular flexibility index (Phi) is 5.50. The van der Waals surface area contributed by atoms with Crippen molar-refractivity contribution in [3.63, 3.8) is 0 Å². The highest BCUT2D eigenvalue weighted by molar-refractivity contribution is 7.87. The van der Waals surface area contributed by atoms with Crippen molar-refractivity contribution in [2.24, 2.45) is 0 Å². The van der Waals surface area contributed by atoms with Crippen molar-refractivity contribution in [3.8, 4) is 0 Å². The molecule has 0 radical (unpaired) electrons. The number of benzene rings is 1. The lowest BCUT2D eigenvalue weighted by atomic mass is 10.1. The van der Waals surface area contributed by atoms with Crippen LogP contribution in [0.15, 0.2) is 30.3 Å². The molecule has 0 aromatic heterocycles. The van der Waals surface area contributed by atoms with Crippen molar-refractivity contribution in [1.29, 1.82) is 0 Å². The Bertz CT molecular complexity index is 500. The number of ether oxygens (including phenoxy) is 2. The quantitative estimate of drug-likeness (QED) is 0.832. The summed E-state index contributed by atoms with van der Waals surface area (Å²) in [6, 6.07) is 9.54. The Morgan fingerprint density at radius 1 is 1.30 bits per heavy atom. The second kappa shape index (κ2) is 7.14. The van der Waals surface area contributed by atoms with E-state index >= 15 is 0 Å². The fraction of sp³-hybridized carbons (Fsp3) is 0.538. The molecule has 1 aromatic rings. The largest absolute Gasteiger partial charge is 0.379 e. The van der Waals surface area contributed by atoms with Crippen LogP contribution in [0.4, 0.5) is 0 Å². The first-order valence-electron chi connectivity index (χ1n) is 6.53. The molecule has 1 unspecified atom stereocenters. The predicted octanol–water partition coefficient (Wildman–Crippen LogP) is 0.541. The Morgan fingerprint density at radius 2 is 1.95 bits per heavy atom. The second-order valence-electron chi connectivity index (χ2n) is 4.50. The van der Waals surface area contributed by atoms with Crippen LogP contribution < -0.4 is 4.72 Å². The van der Waals surface area contributed by atoms with E-state index in [-0.39, 0.29) is 12.6 Å². The summed E-state index contributed by atoms with van der Waals surface area (Å²) in [4.78, 5) is 0. The number of rotatable bonds is 6. The van der Waals surface area contributed by atoms with Gasteiger partial charge in [-0.15, -0.1) is 0 Å². The van der Waals surface area contributed by atoms with Crippen LogP contribution in [0.25, 0.3) is 0 Å². The van der Waals surface area contributed by atoms with Gasteiger partial charge in [-0.25, -0.2) is 0 Å². The monoisotopic (exact) mass is 300 g/mol. The predicted molar refractivity (Wildman–Crippen MR) is 75.5 cm³/mol. The number of morpholine rings is 1. The van der Waals surface area contributed by atoms with Crippen LogP contribution in [-0.2, 0) is 19.7 Å². The fourth-order valence-electron chi connectivity index (χ4n) is 2.06. The van der Waals surface area contributed by atoms with Crippen molar-refractivity contribution < 1.29 is 17.9 Å². The maximum absolute atomic E-state index is 12.1. The van der Waals surface area contributed by atoms with E-state index in [2.05, 4.69) is 4.72 Å². The van der Waals surface area contributed by atoms with Gasteiger partial charge in [0.1, 0.15) is 0 Å². The van der Waals surface area contributed by atoms with Crippen LogP contribution in [0.5, 0.6) is 0 Å². The molecule has 2 rings (SSSR count). The van der Waals surface area contributed by atoms with Gasteiger partial charge in [-0.05, 0) is 5.56 Å². The molecule has 0 spiro atoms. The van der Waals surface area contributed by atoms with Gasteiger partial charge in [0.25, 0.3) is 10.2 Å². The molecular formula is C13H20N2O4S. The second-order valence-corrected chi connectivity index (χ2v) is 6.26. The first-order valence-corrected chi connectivity index (χ1v) is 7.98. The summed E-state index contributed by atoms with van der Waals surface area (Å²) in [6.45, 7) is 1.86. The number of hydrogen-bond acceptors (Lipinski definition) is 4. The van der Waals surface area contributed by atoms with Crippen LogP contribution in [0.3, 0.4) is 0 Å². The van der Waals surface area contributed by atoms with Crippen molar-refractivity contribution in [1.82, 2.24) is 9.03 Å². The highest BCUT2D eigenvalue weighted by atomic mass is 32.2. The Hall–Kier alpha value is -0.990. The third-order valence-electron chi connectivity index (χ3n) is 3.22. The number of nitrogens with zero attached hydrogens (tertiary/aromatic N) is 1. The van der Waals surface area contributed by atoms with Gasteiger partial charge in [0.05, 0.1) is 19.3 Å². The topological polar surface area (TPSA) is 67.9 Å². The molecule has 1 fully saturated rings. The molecule has 0 bridgehead atoms. The Balaban J connectivity index is 1.95. The summed E-state index contributed by atoms with van der Waals surface area (Å²) in [5.74, 6) is 0. The van der Waals surface area contributed by atoms with Crippen LogP contribution in [0.2, 0.25) is 0 Å². The molecule has 1 aromatic carbocycles. The summed E-state index contributed by atoms with van der Waals surface area (Å²) in [5.41, 5.74) is 0.944. The van der Waals surface area contributed by atoms with Crippen LogP contribution in [-0.4, -0.2) is 52.7 Å². The van der Waals surface area contributed by atoms with E-state index in [1.54, 1.807) is 7.11 Å².